The number of benzene rings is 2. The maximum Gasteiger partial charge on any atom is 0.275 e. The van der Waals surface area contributed by atoms with E-state index in [2.05, 4.69) is 15.3 Å². The third kappa shape index (κ3) is 3.01. The normalized spacial score (nSPS) is 12.2. The highest BCUT2D eigenvalue weighted by Gasteiger charge is 2.29. The summed E-state index contributed by atoms with van der Waals surface area (Å²) in [6.07, 6.45) is 0. The molecule has 0 saturated heterocycles. The van der Waals surface area contributed by atoms with Crippen LogP contribution in [0.15, 0.2) is 64.2 Å². The zero-order valence-electron chi connectivity index (χ0n) is 15.4. The largest absolute Gasteiger partial charge is 0.302 e. The van der Waals surface area contributed by atoms with Crippen LogP contribution in [0.5, 0.6) is 0 Å². The van der Waals surface area contributed by atoms with Crippen molar-refractivity contribution in [1.82, 2.24) is 20.0 Å². The molecule has 0 radical (unpaired) electrons. The van der Waals surface area contributed by atoms with Gasteiger partial charge in [-0.15, -0.1) is 0 Å². The van der Waals surface area contributed by atoms with E-state index < -0.39 is 5.92 Å². The van der Waals surface area contributed by atoms with Gasteiger partial charge in [0.2, 0.25) is 0 Å². The fraction of sp³-hybridized carbons (Fsp3) is 0.143. The van der Waals surface area contributed by atoms with Gasteiger partial charge in [-0.05, 0) is 43.7 Å². The van der Waals surface area contributed by atoms with Gasteiger partial charge in [-0.3, -0.25) is 19.8 Å². The Balaban J connectivity index is 1.99. The molecule has 4 aromatic rings. The van der Waals surface area contributed by atoms with E-state index in [0.717, 1.165) is 11.3 Å². The lowest BCUT2D eigenvalue weighted by atomic mass is 9.85. The zero-order chi connectivity index (χ0) is 19.8. The summed E-state index contributed by atoms with van der Waals surface area (Å²) in [5, 5.41) is 9.22. The maximum atomic E-state index is 13.4. The second kappa shape index (κ2) is 7.05. The molecule has 142 valence electrons. The molecule has 2 aromatic heterocycles. The number of nitrogens with zero attached hydrogens (tertiary/aromatic N) is 1. The smallest absolute Gasteiger partial charge is 0.275 e. The quantitative estimate of drug-likeness (QED) is 0.493. The standard InChI is InChI=1S/C21H19ClN4O2/c1-12-17(20(27)24-23-12)19(14-8-10-15(22)11-9-14)18-13(2)25-26(21(18)28)16-6-4-3-5-7-16/h3-11,19,25H,1-2H3,(H2,23,24,27). The minimum absolute atomic E-state index is 0.191. The van der Waals surface area contributed by atoms with Gasteiger partial charge in [0.15, 0.2) is 0 Å². The van der Waals surface area contributed by atoms with E-state index in [1.165, 1.54) is 4.68 Å². The second-order valence-corrected chi connectivity index (χ2v) is 7.17. The van der Waals surface area contributed by atoms with E-state index in [1.807, 2.05) is 56.3 Å². The van der Waals surface area contributed by atoms with Crippen LogP contribution in [-0.2, 0) is 0 Å². The molecule has 2 heterocycles. The van der Waals surface area contributed by atoms with E-state index in [-0.39, 0.29) is 11.1 Å². The average Bonchev–Trinajstić information content (AvgIpc) is 3.18. The summed E-state index contributed by atoms with van der Waals surface area (Å²) < 4.78 is 1.50. The van der Waals surface area contributed by atoms with Crippen LogP contribution >= 0.6 is 11.6 Å². The summed E-state index contributed by atoms with van der Waals surface area (Å²) in [6, 6.07) is 16.6. The van der Waals surface area contributed by atoms with Gasteiger partial charge in [-0.2, -0.15) is 0 Å². The number of hydrogen-bond donors (Lipinski definition) is 3. The van der Waals surface area contributed by atoms with Crippen molar-refractivity contribution in [3.8, 4) is 5.69 Å². The van der Waals surface area contributed by atoms with Gasteiger partial charge < -0.3 is 5.10 Å². The average molecular weight is 395 g/mol. The molecule has 28 heavy (non-hydrogen) atoms. The predicted octanol–water partition coefficient (Wildman–Crippen LogP) is 3.63. The Kier molecular flexibility index (Phi) is 4.57. The van der Waals surface area contributed by atoms with Crippen molar-refractivity contribution < 1.29 is 0 Å². The van der Waals surface area contributed by atoms with Gasteiger partial charge in [0, 0.05) is 22.3 Å². The number of halogens is 1. The molecule has 3 N–H and O–H groups in total. The lowest BCUT2D eigenvalue weighted by Gasteiger charge is -2.16. The summed E-state index contributed by atoms with van der Waals surface area (Å²) in [5.74, 6) is -0.527. The van der Waals surface area contributed by atoms with Crippen molar-refractivity contribution in [3.63, 3.8) is 0 Å². The van der Waals surface area contributed by atoms with Gasteiger partial charge in [0.25, 0.3) is 11.1 Å². The Hall–Kier alpha value is -3.25. The van der Waals surface area contributed by atoms with Crippen LogP contribution < -0.4 is 11.1 Å². The van der Waals surface area contributed by atoms with Crippen molar-refractivity contribution in [1.29, 1.82) is 0 Å². The van der Waals surface area contributed by atoms with Gasteiger partial charge in [0.1, 0.15) is 0 Å². The van der Waals surface area contributed by atoms with Crippen LogP contribution in [0.1, 0.15) is 34.0 Å². The Morgan fingerprint density at radius 3 is 2.14 bits per heavy atom. The van der Waals surface area contributed by atoms with Gasteiger partial charge in [-0.25, -0.2) is 4.68 Å². The molecule has 0 fully saturated rings. The molecule has 0 spiro atoms. The lowest BCUT2D eigenvalue weighted by molar-refractivity contribution is 0.833. The monoisotopic (exact) mass is 394 g/mol. The summed E-state index contributed by atoms with van der Waals surface area (Å²) in [7, 11) is 0. The van der Waals surface area contributed by atoms with Crippen LogP contribution in [0, 0.1) is 13.8 Å². The summed E-state index contributed by atoms with van der Waals surface area (Å²) in [6.45, 7) is 3.66. The maximum absolute atomic E-state index is 13.4. The van der Waals surface area contributed by atoms with Crippen molar-refractivity contribution in [2.24, 2.45) is 0 Å². The third-order valence-corrected chi connectivity index (χ3v) is 5.18. The van der Waals surface area contributed by atoms with Crippen molar-refractivity contribution in [2.45, 2.75) is 19.8 Å². The SMILES string of the molecule is Cc1[nH][nH]c(=O)c1C(c1ccc(Cl)cc1)c1c(C)[nH]n(-c2ccccc2)c1=O. The molecule has 1 unspecified atom stereocenters. The Morgan fingerprint density at radius 2 is 1.54 bits per heavy atom. The van der Waals surface area contributed by atoms with Crippen molar-refractivity contribution >= 4 is 11.6 Å². The minimum Gasteiger partial charge on any atom is -0.302 e. The van der Waals surface area contributed by atoms with Crippen molar-refractivity contribution in [2.75, 3.05) is 0 Å². The fourth-order valence-electron chi connectivity index (χ4n) is 3.59. The Labute approximate surface area is 165 Å². The predicted molar refractivity (Wildman–Crippen MR) is 110 cm³/mol. The molecule has 0 bridgehead atoms. The molecule has 0 aliphatic rings. The molecule has 4 rings (SSSR count). The van der Waals surface area contributed by atoms with E-state index in [0.29, 0.717) is 27.5 Å². The third-order valence-electron chi connectivity index (χ3n) is 4.92. The van der Waals surface area contributed by atoms with Gasteiger partial charge >= 0.3 is 0 Å². The fourth-order valence-corrected chi connectivity index (χ4v) is 3.72. The summed E-state index contributed by atoms with van der Waals surface area (Å²) in [4.78, 5) is 25.9. The first kappa shape index (κ1) is 18.1. The van der Waals surface area contributed by atoms with Crippen LogP contribution in [0.3, 0.4) is 0 Å². The van der Waals surface area contributed by atoms with Crippen LogP contribution in [-0.4, -0.2) is 20.0 Å². The van der Waals surface area contributed by atoms with Crippen LogP contribution in [0.2, 0.25) is 5.02 Å². The highest BCUT2D eigenvalue weighted by Crippen LogP contribution is 2.32. The molecule has 0 aliphatic heterocycles. The number of aromatic amines is 3. The van der Waals surface area contributed by atoms with E-state index in [9.17, 15) is 9.59 Å². The first-order chi connectivity index (χ1) is 13.5. The number of aromatic nitrogens is 4. The lowest BCUT2D eigenvalue weighted by Crippen LogP contribution is -2.23. The molecule has 0 amide bonds. The summed E-state index contributed by atoms with van der Waals surface area (Å²) in [5.41, 5.74) is 3.55. The Morgan fingerprint density at radius 1 is 0.857 bits per heavy atom. The summed E-state index contributed by atoms with van der Waals surface area (Å²) >= 11 is 6.05. The molecular formula is C21H19ClN4O2. The van der Waals surface area contributed by atoms with E-state index in [4.69, 9.17) is 11.6 Å². The highest BCUT2D eigenvalue weighted by molar-refractivity contribution is 6.30. The molecule has 1 atom stereocenters. The number of hydrogen-bond acceptors (Lipinski definition) is 2. The molecule has 2 aromatic carbocycles. The number of aryl methyl sites for hydroxylation is 2. The number of nitrogens with one attached hydrogen (secondary N) is 3. The highest BCUT2D eigenvalue weighted by atomic mass is 35.5. The Bertz CT molecular complexity index is 1230. The first-order valence-electron chi connectivity index (χ1n) is 8.87. The van der Waals surface area contributed by atoms with E-state index >= 15 is 0 Å². The molecular weight excluding hydrogens is 376 g/mol. The molecule has 0 aliphatic carbocycles. The number of rotatable bonds is 4. The van der Waals surface area contributed by atoms with Crippen molar-refractivity contribution in [3.05, 3.63) is 108 Å². The number of para-hydroxylation sites is 1. The van der Waals surface area contributed by atoms with Gasteiger partial charge in [0.05, 0.1) is 16.8 Å². The molecule has 6 nitrogen and oxygen atoms in total. The molecule has 0 saturated carbocycles. The minimum atomic E-state index is -0.527. The van der Waals surface area contributed by atoms with E-state index in [1.54, 1.807) is 12.1 Å². The number of H-pyrrole nitrogens is 3. The zero-order valence-corrected chi connectivity index (χ0v) is 16.2. The van der Waals surface area contributed by atoms with Crippen LogP contribution in [0.25, 0.3) is 5.69 Å². The first-order valence-corrected chi connectivity index (χ1v) is 9.24. The topological polar surface area (TPSA) is 86.4 Å². The molecule has 7 heteroatoms. The van der Waals surface area contributed by atoms with Crippen LogP contribution in [0.4, 0.5) is 0 Å². The van der Waals surface area contributed by atoms with Gasteiger partial charge in [-0.1, -0.05) is 41.9 Å². The second-order valence-electron chi connectivity index (χ2n) is 6.73.